The van der Waals surface area contributed by atoms with Crippen molar-refractivity contribution >= 4 is 22.2 Å². The Bertz CT molecular complexity index is 1230. The molecule has 164 valence electrons. The zero-order valence-electron chi connectivity index (χ0n) is 17.8. The first kappa shape index (κ1) is 20.6. The van der Waals surface area contributed by atoms with Crippen LogP contribution in [0.15, 0.2) is 41.5 Å². The SMILES string of the molecule is CC(NS(=O)O)c1ccc(C2CC3(CCN2)CC3)c(-c2cn(C)c(=O)c3[nH]ccc23)c1. The molecule has 3 aromatic rings. The highest BCUT2D eigenvalue weighted by Gasteiger charge is 2.46. The van der Waals surface area contributed by atoms with E-state index in [2.05, 4.69) is 27.2 Å². The van der Waals surface area contributed by atoms with Crippen molar-refractivity contribution in [1.82, 2.24) is 19.6 Å². The largest absolute Gasteiger partial charge is 0.357 e. The fraction of sp³-hybridized carbons (Fsp3) is 0.435. The van der Waals surface area contributed by atoms with Crippen LogP contribution >= 0.6 is 0 Å². The maximum atomic E-state index is 12.6. The van der Waals surface area contributed by atoms with Gasteiger partial charge in [0.2, 0.25) is 11.3 Å². The highest BCUT2D eigenvalue weighted by Crippen LogP contribution is 2.56. The quantitative estimate of drug-likeness (QED) is 0.456. The molecule has 1 aliphatic carbocycles. The van der Waals surface area contributed by atoms with Gasteiger partial charge in [0.05, 0.1) is 0 Å². The molecule has 0 bridgehead atoms. The number of nitrogens with one attached hydrogen (secondary N) is 3. The molecule has 1 spiro atoms. The van der Waals surface area contributed by atoms with E-state index in [0.29, 0.717) is 10.9 Å². The number of nitrogens with zero attached hydrogens (tertiary/aromatic N) is 1. The van der Waals surface area contributed by atoms with E-state index in [9.17, 15) is 13.6 Å². The predicted octanol–water partition coefficient (Wildman–Crippen LogP) is 3.53. The first-order chi connectivity index (χ1) is 14.9. The number of pyridine rings is 1. The van der Waals surface area contributed by atoms with Crippen molar-refractivity contribution in [1.29, 1.82) is 0 Å². The third-order valence-electron chi connectivity index (χ3n) is 7.05. The molecule has 1 saturated heterocycles. The van der Waals surface area contributed by atoms with Crippen LogP contribution < -0.4 is 15.6 Å². The third-order valence-corrected chi connectivity index (χ3v) is 7.61. The molecule has 1 aliphatic heterocycles. The minimum atomic E-state index is -2.09. The lowest BCUT2D eigenvalue weighted by Crippen LogP contribution is -2.33. The minimum absolute atomic E-state index is 0.0557. The summed E-state index contributed by atoms with van der Waals surface area (Å²) in [7, 11) is 1.77. The maximum Gasteiger partial charge on any atom is 0.274 e. The molecule has 8 heteroatoms. The fourth-order valence-corrected chi connectivity index (χ4v) is 5.49. The molecule has 0 amide bonds. The molecule has 2 fully saturated rings. The lowest BCUT2D eigenvalue weighted by Gasteiger charge is -2.32. The van der Waals surface area contributed by atoms with Crippen LogP contribution in [0, 0.1) is 5.41 Å². The van der Waals surface area contributed by atoms with Crippen molar-refractivity contribution in [3.63, 3.8) is 0 Å². The number of H-pyrrole nitrogens is 1. The van der Waals surface area contributed by atoms with Gasteiger partial charge in [-0.3, -0.25) is 9.35 Å². The van der Waals surface area contributed by atoms with Gasteiger partial charge in [-0.2, -0.15) is 0 Å². The van der Waals surface area contributed by atoms with Crippen LogP contribution in [0.5, 0.6) is 0 Å². The van der Waals surface area contributed by atoms with Crippen molar-refractivity contribution in [2.24, 2.45) is 12.5 Å². The standard InChI is InChI=1S/C23H28N4O3S/c1-14(26-31(29)30)15-3-4-16(20-12-23(6-7-23)8-10-24-20)18(11-15)19-13-27(2)22(28)21-17(19)5-9-25-21/h3-5,9,11,13-14,20,24-26H,6-8,10,12H2,1-2H3,(H,29,30). The van der Waals surface area contributed by atoms with Gasteiger partial charge in [-0.25, -0.2) is 8.93 Å². The van der Waals surface area contributed by atoms with E-state index in [1.165, 1.54) is 24.8 Å². The lowest BCUT2D eigenvalue weighted by molar-refractivity contribution is 0.286. The molecule has 3 unspecified atom stereocenters. The molecular formula is C23H28N4O3S. The molecule has 4 N–H and O–H groups in total. The molecule has 2 aromatic heterocycles. The molecule has 0 radical (unpaired) electrons. The Morgan fingerprint density at radius 1 is 1.26 bits per heavy atom. The van der Waals surface area contributed by atoms with Crippen LogP contribution in [-0.4, -0.2) is 24.9 Å². The molecule has 7 nitrogen and oxygen atoms in total. The average molecular weight is 441 g/mol. The Labute approximate surface area is 183 Å². The molecule has 5 rings (SSSR count). The topological polar surface area (TPSA) is 99.1 Å². The molecule has 1 saturated carbocycles. The Kier molecular flexibility index (Phi) is 5.13. The second-order valence-corrected chi connectivity index (χ2v) is 9.86. The van der Waals surface area contributed by atoms with Gasteiger partial charge < -0.3 is 14.9 Å². The van der Waals surface area contributed by atoms with Gasteiger partial charge in [0.1, 0.15) is 5.52 Å². The van der Waals surface area contributed by atoms with E-state index in [4.69, 9.17) is 0 Å². The fourth-order valence-electron chi connectivity index (χ4n) is 5.05. The van der Waals surface area contributed by atoms with Gasteiger partial charge in [-0.05, 0) is 73.4 Å². The van der Waals surface area contributed by atoms with Crippen molar-refractivity contribution in [3.05, 3.63) is 58.1 Å². The summed E-state index contributed by atoms with van der Waals surface area (Å²) in [6, 6.07) is 8.19. The lowest BCUT2D eigenvalue weighted by atomic mass is 9.82. The van der Waals surface area contributed by atoms with Crippen LogP contribution in [0.1, 0.15) is 55.8 Å². The number of fused-ring (bicyclic) bond motifs is 1. The molecule has 2 aliphatic rings. The van der Waals surface area contributed by atoms with Crippen LogP contribution in [0.3, 0.4) is 0 Å². The number of benzene rings is 1. The second-order valence-electron chi connectivity index (χ2n) is 9.12. The summed E-state index contributed by atoms with van der Waals surface area (Å²) < 4.78 is 24.9. The molecule has 1 aromatic carbocycles. The van der Waals surface area contributed by atoms with Crippen LogP contribution in [-0.2, 0) is 18.3 Å². The number of aryl methyl sites for hydroxylation is 1. The molecule has 3 heterocycles. The monoisotopic (exact) mass is 440 g/mol. The van der Waals surface area contributed by atoms with Crippen molar-refractivity contribution in [2.75, 3.05) is 6.54 Å². The van der Waals surface area contributed by atoms with Crippen LogP contribution in [0.4, 0.5) is 0 Å². The van der Waals surface area contributed by atoms with Gasteiger partial charge in [-0.1, -0.05) is 12.1 Å². The van der Waals surface area contributed by atoms with E-state index < -0.39 is 11.3 Å². The van der Waals surface area contributed by atoms with Gasteiger partial charge in [0.15, 0.2) is 0 Å². The van der Waals surface area contributed by atoms with E-state index in [0.717, 1.165) is 35.0 Å². The van der Waals surface area contributed by atoms with Gasteiger partial charge in [-0.15, -0.1) is 0 Å². The first-order valence-corrected chi connectivity index (χ1v) is 11.9. The van der Waals surface area contributed by atoms with E-state index in [1.54, 1.807) is 17.8 Å². The Balaban J connectivity index is 1.68. The number of aromatic amines is 1. The Morgan fingerprint density at radius 3 is 2.81 bits per heavy atom. The summed E-state index contributed by atoms with van der Waals surface area (Å²) in [5, 5.41) is 4.60. The zero-order valence-corrected chi connectivity index (χ0v) is 18.6. The highest BCUT2D eigenvalue weighted by atomic mass is 32.2. The first-order valence-electron chi connectivity index (χ1n) is 10.8. The summed E-state index contributed by atoms with van der Waals surface area (Å²) in [4.78, 5) is 15.7. The van der Waals surface area contributed by atoms with Gasteiger partial charge in [0.25, 0.3) is 5.56 Å². The summed E-state index contributed by atoms with van der Waals surface area (Å²) in [5.74, 6) is 0. The van der Waals surface area contributed by atoms with Crippen LogP contribution in [0.2, 0.25) is 0 Å². The van der Waals surface area contributed by atoms with Crippen molar-refractivity contribution in [3.8, 4) is 11.1 Å². The Hall–Kier alpha value is -2.26. The predicted molar refractivity (Wildman–Crippen MR) is 123 cm³/mol. The van der Waals surface area contributed by atoms with Gasteiger partial charge in [0, 0.05) is 42.5 Å². The summed E-state index contributed by atoms with van der Waals surface area (Å²) in [6.07, 6.45) is 8.68. The van der Waals surface area contributed by atoms with Crippen LogP contribution in [0.25, 0.3) is 22.0 Å². The highest BCUT2D eigenvalue weighted by molar-refractivity contribution is 7.77. The third kappa shape index (κ3) is 3.78. The normalized spacial score (nSPS) is 22.0. The molecule has 31 heavy (non-hydrogen) atoms. The van der Waals surface area contributed by atoms with Crippen molar-refractivity contribution < 1.29 is 8.76 Å². The summed E-state index contributed by atoms with van der Waals surface area (Å²) in [6.45, 7) is 2.89. The number of rotatable bonds is 5. The average Bonchev–Trinajstić information content (AvgIpc) is 3.29. The minimum Gasteiger partial charge on any atom is -0.357 e. The maximum absolute atomic E-state index is 12.6. The smallest absolute Gasteiger partial charge is 0.274 e. The number of hydrogen-bond acceptors (Lipinski definition) is 3. The molecular weight excluding hydrogens is 412 g/mol. The number of hydrogen-bond donors (Lipinski definition) is 4. The second kappa shape index (κ2) is 7.70. The van der Waals surface area contributed by atoms with E-state index >= 15 is 0 Å². The number of piperidine rings is 1. The summed E-state index contributed by atoms with van der Waals surface area (Å²) >= 11 is -2.09. The summed E-state index contributed by atoms with van der Waals surface area (Å²) in [5.41, 5.74) is 5.22. The van der Waals surface area contributed by atoms with Gasteiger partial charge >= 0.3 is 0 Å². The zero-order chi connectivity index (χ0) is 21.8. The Morgan fingerprint density at radius 2 is 2.06 bits per heavy atom. The van der Waals surface area contributed by atoms with E-state index in [1.807, 2.05) is 25.3 Å². The molecule has 3 atom stereocenters. The number of aromatic nitrogens is 2. The van der Waals surface area contributed by atoms with E-state index in [-0.39, 0.29) is 17.6 Å². The van der Waals surface area contributed by atoms with Crippen molar-refractivity contribution in [2.45, 2.75) is 44.7 Å².